The van der Waals surface area contributed by atoms with Crippen molar-refractivity contribution in [2.24, 2.45) is 0 Å². The number of aryl methyl sites for hydroxylation is 1. The Labute approximate surface area is 157 Å². The molecular weight excluding hydrogens is 350 g/mol. The van der Waals surface area contributed by atoms with Crippen LogP contribution in [0.25, 0.3) is 0 Å². The van der Waals surface area contributed by atoms with Gasteiger partial charge in [-0.25, -0.2) is 4.98 Å². The molecule has 3 heterocycles. The van der Waals surface area contributed by atoms with Gasteiger partial charge in [0.05, 0.1) is 29.5 Å². The fourth-order valence-electron chi connectivity index (χ4n) is 3.01. The van der Waals surface area contributed by atoms with Crippen LogP contribution in [-0.2, 0) is 24.4 Å². The Balaban J connectivity index is 1.71. The van der Waals surface area contributed by atoms with E-state index in [0.29, 0.717) is 24.7 Å². The van der Waals surface area contributed by atoms with Crippen molar-refractivity contribution in [3.63, 3.8) is 0 Å². The largest absolute Gasteiger partial charge is 0.337 e. The maximum atomic E-state index is 12.8. The first-order valence-corrected chi connectivity index (χ1v) is 9.75. The molecule has 0 spiro atoms. The summed E-state index contributed by atoms with van der Waals surface area (Å²) in [6, 6.07) is 1.81. The average molecular weight is 375 g/mol. The topological polar surface area (TPSA) is 71.3 Å². The van der Waals surface area contributed by atoms with Crippen molar-refractivity contribution in [1.29, 1.82) is 0 Å². The SMILES string of the molecule is CC(=O)N1CCCn2nc(C(=O)N(C)Cc3csc(C(C)C)n3)cc2C1. The molecule has 0 radical (unpaired) electrons. The number of hydrogen-bond donors (Lipinski definition) is 0. The highest BCUT2D eigenvalue weighted by Gasteiger charge is 2.22. The standard InChI is InChI=1S/C18H25N5O2S/c1-12(2)17-19-14(11-26-17)9-21(4)18(25)16-8-15-10-22(13(3)24)6-5-7-23(15)20-16/h8,11-12H,5-7,9-10H2,1-4H3. The molecule has 8 heteroatoms. The minimum atomic E-state index is -0.126. The zero-order chi connectivity index (χ0) is 18.8. The number of nitrogens with zero attached hydrogens (tertiary/aromatic N) is 5. The van der Waals surface area contributed by atoms with Crippen molar-refractivity contribution in [1.82, 2.24) is 24.6 Å². The highest BCUT2D eigenvalue weighted by molar-refractivity contribution is 7.09. The van der Waals surface area contributed by atoms with E-state index in [1.165, 1.54) is 0 Å². The number of hydrogen-bond acceptors (Lipinski definition) is 5. The van der Waals surface area contributed by atoms with E-state index in [2.05, 4.69) is 23.9 Å². The summed E-state index contributed by atoms with van der Waals surface area (Å²) in [6.45, 7) is 8.21. The van der Waals surface area contributed by atoms with Gasteiger partial charge in [-0.15, -0.1) is 11.3 Å². The highest BCUT2D eigenvalue weighted by Crippen LogP contribution is 2.20. The molecule has 0 aliphatic carbocycles. The molecular formula is C18H25N5O2S. The Morgan fingerprint density at radius 2 is 2.12 bits per heavy atom. The first-order chi connectivity index (χ1) is 12.3. The third kappa shape index (κ3) is 3.95. The summed E-state index contributed by atoms with van der Waals surface area (Å²) in [6.07, 6.45) is 0.842. The second-order valence-corrected chi connectivity index (χ2v) is 7.92. The minimum absolute atomic E-state index is 0.0501. The van der Waals surface area contributed by atoms with E-state index in [1.807, 2.05) is 10.1 Å². The summed E-state index contributed by atoms with van der Waals surface area (Å²) >= 11 is 1.63. The molecule has 140 valence electrons. The molecule has 0 saturated carbocycles. The van der Waals surface area contributed by atoms with Crippen molar-refractivity contribution in [3.05, 3.63) is 33.5 Å². The van der Waals surface area contributed by atoms with E-state index in [-0.39, 0.29) is 11.8 Å². The normalized spacial score (nSPS) is 14.3. The first-order valence-electron chi connectivity index (χ1n) is 8.87. The molecule has 7 nitrogen and oxygen atoms in total. The minimum Gasteiger partial charge on any atom is -0.337 e. The zero-order valence-electron chi connectivity index (χ0n) is 15.7. The van der Waals surface area contributed by atoms with Crippen LogP contribution in [0.5, 0.6) is 0 Å². The Bertz CT molecular complexity index is 810. The van der Waals surface area contributed by atoms with Gasteiger partial charge in [0.15, 0.2) is 5.69 Å². The molecule has 2 aromatic heterocycles. The van der Waals surface area contributed by atoms with Crippen molar-refractivity contribution < 1.29 is 9.59 Å². The second-order valence-electron chi connectivity index (χ2n) is 7.03. The van der Waals surface area contributed by atoms with Crippen LogP contribution in [0.1, 0.15) is 60.0 Å². The molecule has 26 heavy (non-hydrogen) atoms. The predicted molar refractivity (Wildman–Crippen MR) is 99.9 cm³/mol. The number of amides is 2. The van der Waals surface area contributed by atoms with Gasteiger partial charge in [-0.3, -0.25) is 14.3 Å². The van der Waals surface area contributed by atoms with Gasteiger partial charge >= 0.3 is 0 Å². The number of fused-ring (bicyclic) bond motifs is 1. The summed E-state index contributed by atoms with van der Waals surface area (Å²) in [5.41, 5.74) is 2.23. The Morgan fingerprint density at radius 3 is 2.77 bits per heavy atom. The van der Waals surface area contributed by atoms with Gasteiger partial charge in [0.1, 0.15) is 0 Å². The van der Waals surface area contributed by atoms with Gasteiger partial charge in [0.2, 0.25) is 5.91 Å². The predicted octanol–water partition coefficient (Wildman–Crippen LogP) is 2.49. The van der Waals surface area contributed by atoms with E-state index in [4.69, 9.17) is 0 Å². The van der Waals surface area contributed by atoms with E-state index < -0.39 is 0 Å². The number of thiazole rings is 1. The quantitative estimate of drug-likeness (QED) is 0.823. The van der Waals surface area contributed by atoms with E-state index >= 15 is 0 Å². The molecule has 0 N–H and O–H groups in total. The van der Waals surface area contributed by atoms with Gasteiger partial charge in [0.25, 0.3) is 5.91 Å². The van der Waals surface area contributed by atoms with Gasteiger partial charge in [-0.2, -0.15) is 5.10 Å². The number of carbonyl (C=O) groups excluding carboxylic acids is 2. The van der Waals surface area contributed by atoms with E-state index in [0.717, 1.165) is 35.9 Å². The van der Waals surface area contributed by atoms with Crippen LogP contribution in [0.4, 0.5) is 0 Å². The maximum absolute atomic E-state index is 12.8. The van der Waals surface area contributed by atoms with Crippen LogP contribution in [-0.4, -0.2) is 50.0 Å². The second kappa shape index (κ2) is 7.57. The molecule has 0 atom stereocenters. The van der Waals surface area contributed by atoms with Crippen LogP contribution in [0.2, 0.25) is 0 Å². The molecule has 1 aliphatic heterocycles. The summed E-state index contributed by atoms with van der Waals surface area (Å²) in [5, 5.41) is 7.56. The number of rotatable bonds is 4. The molecule has 1 aliphatic rings. The lowest BCUT2D eigenvalue weighted by Crippen LogP contribution is -2.28. The summed E-state index contributed by atoms with van der Waals surface area (Å²) in [5.74, 6) is 0.316. The lowest BCUT2D eigenvalue weighted by Gasteiger charge is -2.17. The molecule has 2 amide bonds. The first kappa shape index (κ1) is 18.6. The van der Waals surface area contributed by atoms with Crippen LogP contribution in [0.3, 0.4) is 0 Å². The van der Waals surface area contributed by atoms with Gasteiger partial charge in [-0.05, 0) is 12.5 Å². The lowest BCUT2D eigenvalue weighted by molar-refractivity contribution is -0.129. The maximum Gasteiger partial charge on any atom is 0.274 e. The molecule has 3 rings (SSSR count). The third-order valence-corrected chi connectivity index (χ3v) is 5.68. The molecule has 0 unspecified atom stereocenters. The lowest BCUT2D eigenvalue weighted by atomic mass is 10.2. The summed E-state index contributed by atoms with van der Waals surface area (Å²) in [7, 11) is 1.77. The fourth-order valence-corrected chi connectivity index (χ4v) is 3.83. The molecule has 0 bridgehead atoms. The zero-order valence-corrected chi connectivity index (χ0v) is 16.5. The van der Waals surface area contributed by atoms with Crippen LogP contribution in [0.15, 0.2) is 11.4 Å². The Hall–Kier alpha value is -2.22. The highest BCUT2D eigenvalue weighted by atomic mass is 32.1. The fraction of sp³-hybridized carbons (Fsp3) is 0.556. The van der Waals surface area contributed by atoms with Crippen molar-refractivity contribution >= 4 is 23.2 Å². The van der Waals surface area contributed by atoms with Crippen molar-refractivity contribution in [3.8, 4) is 0 Å². The van der Waals surface area contributed by atoms with E-state index in [1.54, 1.807) is 41.2 Å². The molecule has 0 fully saturated rings. The van der Waals surface area contributed by atoms with E-state index in [9.17, 15) is 9.59 Å². The monoisotopic (exact) mass is 375 g/mol. The number of carbonyl (C=O) groups is 2. The van der Waals surface area contributed by atoms with Gasteiger partial charge in [-0.1, -0.05) is 13.8 Å². The molecule has 0 saturated heterocycles. The van der Waals surface area contributed by atoms with Crippen LogP contribution < -0.4 is 0 Å². The number of aromatic nitrogens is 3. The Kier molecular flexibility index (Phi) is 5.41. The van der Waals surface area contributed by atoms with Gasteiger partial charge < -0.3 is 9.80 Å². The van der Waals surface area contributed by atoms with Crippen LogP contribution in [0, 0.1) is 0 Å². The molecule has 0 aromatic carbocycles. The van der Waals surface area contributed by atoms with Crippen LogP contribution >= 0.6 is 11.3 Å². The smallest absolute Gasteiger partial charge is 0.274 e. The average Bonchev–Trinajstić information content (AvgIpc) is 3.16. The summed E-state index contributed by atoms with van der Waals surface area (Å²) < 4.78 is 1.85. The third-order valence-electron chi connectivity index (χ3n) is 4.49. The Morgan fingerprint density at radius 1 is 1.35 bits per heavy atom. The molecule has 2 aromatic rings. The summed E-state index contributed by atoms with van der Waals surface area (Å²) in [4.78, 5) is 32.5. The van der Waals surface area contributed by atoms with Crippen molar-refractivity contribution in [2.75, 3.05) is 13.6 Å². The van der Waals surface area contributed by atoms with Crippen molar-refractivity contribution in [2.45, 2.75) is 52.7 Å². The van der Waals surface area contributed by atoms with Gasteiger partial charge in [0, 0.05) is 38.4 Å².